The second-order valence-corrected chi connectivity index (χ2v) is 2.68. The van der Waals surface area contributed by atoms with Gasteiger partial charge in [-0.1, -0.05) is 12.8 Å². The lowest BCUT2D eigenvalue weighted by atomic mass is 10.2. The maximum absolute atomic E-state index is 10.5. The van der Waals surface area contributed by atoms with Crippen LogP contribution in [0.3, 0.4) is 0 Å². The molecule has 0 aromatic heterocycles. The van der Waals surface area contributed by atoms with Crippen molar-refractivity contribution >= 4 is 5.91 Å². The monoisotopic (exact) mass is 129 g/mol. The molecule has 0 heterocycles. The summed E-state index contributed by atoms with van der Waals surface area (Å²) >= 11 is 0. The fourth-order valence-corrected chi connectivity index (χ4v) is 1.36. The van der Waals surface area contributed by atoms with E-state index in [-0.39, 0.29) is 7.33 Å². The average Bonchev–Trinajstić information content (AvgIpc) is 2.15. The molecule has 0 aromatic carbocycles. The zero-order valence-corrected chi connectivity index (χ0v) is 5.81. The Kier molecular flexibility index (Phi) is 2.09. The molecule has 1 amide bonds. The lowest BCUT2D eigenvalue weighted by Gasteiger charge is -2.07. The molecule has 0 bridgehead atoms. The first-order chi connectivity index (χ1) is 4.29. The highest BCUT2D eigenvalue weighted by molar-refractivity contribution is 5.73. The number of hydrogen-bond acceptors (Lipinski definition) is 1. The van der Waals surface area contributed by atoms with E-state index in [1.54, 1.807) is 6.92 Å². The van der Waals surface area contributed by atoms with Crippen LogP contribution >= 0.6 is 0 Å². The van der Waals surface area contributed by atoms with Crippen LogP contribution in [-0.2, 0) is 4.79 Å². The molecule has 0 radical (unpaired) electrons. The number of amides is 1. The molecule has 1 aliphatic rings. The smallest absolute Gasteiger partial charge is 0.217 e. The van der Waals surface area contributed by atoms with E-state index in [9.17, 15) is 4.79 Å². The zero-order valence-electron chi connectivity index (χ0n) is 5.81. The molecule has 0 saturated heterocycles. The van der Waals surface area contributed by atoms with Gasteiger partial charge in [0.2, 0.25) is 5.91 Å². The lowest BCUT2D eigenvalue weighted by Crippen LogP contribution is -2.30. The van der Waals surface area contributed by atoms with Gasteiger partial charge in [0.05, 0.1) is 0 Å². The molecule has 1 N–H and O–H groups in total. The van der Waals surface area contributed by atoms with E-state index in [0.717, 1.165) is 0 Å². The summed E-state index contributed by atoms with van der Waals surface area (Å²) < 4.78 is 0. The van der Waals surface area contributed by atoms with Crippen molar-refractivity contribution in [2.45, 2.75) is 38.6 Å². The van der Waals surface area contributed by atoms with Crippen LogP contribution < -0.4 is 5.32 Å². The first kappa shape index (κ1) is 6.59. The van der Waals surface area contributed by atoms with Gasteiger partial charge in [-0.3, -0.25) is 4.79 Å². The zero-order chi connectivity index (χ0) is 6.69. The van der Waals surface area contributed by atoms with E-state index in [4.69, 9.17) is 0 Å². The predicted molar refractivity (Wildman–Crippen MR) is 38.2 cm³/mol. The van der Waals surface area contributed by atoms with Gasteiger partial charge in [0.1, 0.15) is 0 Å². The summed E-state index contributed by atoms with van der Waals surface area (Å²) in [7, 11) is 0. The predicted octanol–water partition coefficient (Wildman–Crippen LogP) is 1.31. The summed E-state index contributed by atoms with van der Waals surface area (Å²) in [4.78, 5) is 10.5. The number of carbonyl (C=O) groups is 1. The van der Waals surface area contributed by atoms with Crippen molar-refractivity contribution in [3.63, 3.8) is 0 Å². The Bertz CT molecular complexity index is 110. The van der Waals surface area contributed by atoms with Crippen molar-refractivity contribution in [2.75, 3.05) is 0 Å². The van der Waals surface area contributed by atoms with E-state index in [2.05, 4.69) is 5.32 Å². The second kappa shape index (κ2) is 2.85. The highest BCUT2D eigenvalue weighted by atomic mass is 16.1. The number of carbonyl (C=O) groups excluding carboxylic acids is 1. The van der Waals surface area contributed by atoms with E-state index in [1.165, 1.54) is 25.7 Å². The Balaban J connectivity index is 0.000000810. The Hall–Kier alpha value is -0.530. The summed E-state index contributed by atoms with van der Waals surface area (Å²) in [6, 6.07) is 0.488. The number of hydrogen-bond donors (Lipinski definition) is 1. The first-order valence-corrected chi connectivity index (χ1v) is 3.56. The maximum Gasteiger partial charge on any atom is 0.217 e. The third kappa shape index (κ3) is 2.04. The van der Waals surface area contributed by atoms with Gasteiger partial charge in [-0.15, -0.1) is 0 Å². The molecule has 1 fully saturated rings. The van der Waals surface area contributed by atoms with Crippen molar-refractivity contribution in [1.29, 1.82) is 0 Å². The van der Waals surface area contributed by atoms with Crippen LogP contribution in [0, 0.1) is 0 Å². The van der Waals surface area contributed by atoms with E-state index in [1.807, 2.05) is 0 Å². The summed E-state index contributed by atoms with van der Waals surface area (Å²) in [6.07, 6.45) is 4.93. The molecule has 1 aliphatic carbocycles. The molecular formula is C7H15NO. The third-order valence-corrected chi connectivity index (χ3v) is 1.76. The SMILES string of the molecule is CC(=O)NC1CCCC1.[HH]. The molecule has 0 unspecified atom stereocenters. The fraction of sp³-hybridized carbons (Fsp3) is 0.857. The van der Waals surface area contributed by atoms with E-state index < -0.39 is 0 Å². The largest absolute Gasteiger partial charge is 0.354 e. The van der Waals surface area contributed by atoms with Gasteiger partial charge in [-0.25, -0.2) is 0 Å². The lowest BCUT2D eigenvalue weighted by molar-refractivity contribution is -0.119. The summed E-state index contributed by atoms with van der Waals surface area (Å²) in [6.45, 7) is 1.58. The standard InChI is InChI=1S/C7H13NO.H2/c1-6(9)8-7-4-2-3-5-7;/h7H,2-5H2,1H3,(H,8,9);1H. The van der Waals surface area contributed by atoms with Crippen LogP contribution in [0.15, 0.2) is 0 Å². The molecule has 1 saturated carbocycles. The molecular weight excluding hydrogens is 114 g/mol. The fourth-order valence-electron chi connectivity index (χ4n) is 1.36. The van der Waals surface area contributed by atoms with E-state index >= 15 is 0 Å². The Morgan fingerprint density at radius 2 is 2.11 bits per heavy atom. The van der Waals surface area contributed by atoms with Gasteiger partial charge in [0.25, 0.3) is 0 Å². The summed E-state index contributed by atoms with van der Waals surface area (Å²) in [5, 5.41) is 2.90. The summed E-state index contributed by atoms with van der Waals surface area (Å²) in [5.41, 5.74) is 0. The molecule has 1 rings (SSSR count). The number of rotatable bonds is 1. The Morgan fingerprint density at radius 3 is 2.56 bits per heavy atom. The van der Waals surface area contributed by atoms with Crippen LogP contribution in [0.25, 0.3) is 0 Å². The van der Waals surface area contributed by atoms with Gasteiger partial charge in [0, 0.05) is 14.4 Å². The normalized spacial score (nSPS) is 20.1. The van der Waals surface area contributed by atoms with Gasteiger partial charge < -0.3 is 5.32 Å². The number of nitrogens with one attached hydrogen (secondary N) is 1. The van der Waals surface area contributed by atoms with Crippen LogP contribution in [0.4, 0.5) is 0 Å². The van der Waals surface area contributed by atoms with Crippen LogP contribution in [-0.4, -0.2) is 11.9 Å². The van der Waals surface area contributed by atoms with Crippen LogP contribution in [0.2, 0.25) is 0 Å². The minimum absolute atomic E-state index is 0. The molecule has 0 aliphatic heterocycles. The quantitative estimate of drug-likeness (QED) is 0.568. The van der Waals surface area contributed by atoms with Crippen molar-refractivity contribution in [1.82, 2.24) is 5.32 Å². The summed E-state index contributed by atoms with van der Waals surface area (Å²) in [5.74, 6) is 0.113. The average molecular weight is 129 g/mol. The van der Waals surface area contributed by atoms with Crippen molar-refractivity contribution in [2.24, 2.45) is 0 Å². The van der Waals surface area contributed by atoms with Crippen molar-refractivity contribution < 1.29 is 6.22 Å². The maximum atomic E-state index is 10.5. The molecule has 0 atom stereocenters. The van der Waals surface area contributed by atoms with Crippen molar-refractivity contribution in [3.8, 4) is 0 Å². The van der Waals surface area contributed by atoms with Gasteiger partial charge in [0.15, 0.2) is 0 Å². The first-order valence-electron chi connectivity index (χ1n) is 3.56. The van der Waals surface area contributed by atoms with Crippen LogP contribution in [0.1, 0.15) is 34.0 Å². The van der Waals surface area contributed by atoms with Gasteiger partial charge in [-0.05, 0) is 12.8 Å². The Labute approximate surface area is 57.1 Å². The molecule has 54 valence electrons. The third-order valence-electron chi connectivity index (χ3n) is 1.76. The highest BCUT2D eigenvalue weighted by Gasteiger charge is 2.14. The molecule has 9 heavy (non-hydrogen) atoms. The minimum atomic E-state index is 0. The topological polar surface area (TPSA) is 29.1 Å². The van der Waals surface area contributed by atoms with Crippen LogP contribution in [0.5, 0.6) is 0 Å². The molecule has 2 heteroatoms. The van der Waals surface area contributed by atoms with Gasteiger partial charge in [-0.2, -0.15) is 0 Å². The molecule has 0 aromatic rings. The van der Waals surface area contributed by atoms with Gasteiger partial charge >= 0.3 is 0 Å². The highest BCUT2D eigenvalue weighted by Crippen LogP contribution is 2.17. The molecule has 2 nitrogen and oxygen atoms in total. The van der Waals surface area contributed by atoms with Crippen molar-refractivity contribution in [3.05, 3.63) is 0 Å². The minimum Gasteiger partial charge on any atom is -0.354 e. The Morgan fingerprint density at radius 1 is 1.56 bits per heavy atom. The second-order valence-electron chi connectivity index (χ2n) is 2.68. The van der Waals surface area contributed by atoms with E-state index in [0.29, 0.717) is 6.04 Å². The molecule has 0 spiro atoms.